The van der Waals surface area contributed by atoms with Gasteiger partial charge >= 0.3 is 12.1 Å². The van der Waals surface area contributed by atoms with E-state index >= 15 is 0 Å². The molecule has 38 heavy (non-hydrogen) atoms. The van der Waals surface area contributed by atoms with Gasteiger partial charge in [0.15, 0.2) is 0 Å². The van der Waals surface area contributed by atoms with Crippen molar-refractivity contribution >= 4 is 23.9 Å². The summed E-state index contributed by atoms with van der Waals surface area (Å²) in [6.07, 6.45) is 3.58. The van der Waals surface area contributed by atoms with Gasteiger partial charge in [-0.15, -0.1) is 0 Å². The van der Waals surface area contributed by atoms with Gasteiger partial charge in [0, 0.05) is 19.0 Å². The third-order valence-electron chi connectivity index (χ3n) is 7.93. The molecule has 1 aromatic rings. The number of carbonyl (C=O) groups excluding carboxylic acids is 4. The fourth-order valence-electron chi connectivity index (χ4n) is 5.75. The Kier molecular flexibility index (Phi) is 6.97. The lowest BCUT2D eigenvalue weighted by Crippen LogP contribution is -2.56. The summed E-state index contributed by atoms with van der Waals surface area (Å²) in [6.45, 7) is 6.14. The summed E-state index contributed by atoms with van der Waals surface area (Å²) in [4.78, 5) is 58.0. The Morgan fingerprint density at radius 2 is 1.79 bits per heavy atom. The van der Waals surface area contributed by atoms with E-state index < -0.39 is 17.7 Å². The molecule has 1 aromatic carbocycles. The fraction of sp³-hybridized carbons (Fsp3) is 0.630. The fourth-order valence-corrected chi connectivity index (χ4v) is 5.75. The van der Waals surface area contributed by atoms with Crippen molar-refractivity contribution in [2.24, 2.45) is 11.3 Å². The van der Waals surface area contributed by atoms with E-state index in [1.54, 1.807) is 25.7 Å². The van der Waals surface area contributed by atoms with Gasteiger partial charge in [-0.3, -0.25) is 25.3 Å². The van der Waals surface area contributed by atoms with E-state index in [4.69, 9.17) is 9.57 Å². The van der Waals surface area contributed by atoms with Gasteiger partial charge in [-0.2, -0.15) is 5.06 Å². The van der Waals surface area contributed by atoms with E-state index in [9.17, 15) is 19.2 Å². The Morgan fingerprint density at radius 1 is 1.08 bits per heavy atom. The molecule has 206 valence electrons. The monoisotopic (exact) mass is 527 g/mol. The number of carbonyl (C=O) groups is 4. The maximum Gasteiger partial charge on any atom is 0.407 e. The highest BCUT2D eigenvalue weighted by molar-refractivity contribution is 5.90. The number of urea groups is 1. The van der Waals surface area contributed by atoms with Gasteiger partial charge in [0.25, 0.3) is 5.91 Å². The van der Waals surface area contributed by atoms with Crippen LogP contribution in [-0.2, 0) is 25.8 Å². The molecular weight excluding hydrogens is 490 g/mol. The van der Waals surface area contributed by atoms with E-state index in [1.807, 2.05) is 30.3 Å². The van der Waals surface area contributed by atoms with Crippen molar-refractivity contribution < 1.29 is 28.8 Å². The Labute approximate surface area is 222 Å². The number of hydrazine groups is 1. The Morgan fingerprint density at radius 3 is 2.45 bits per heavy atom. The van der Waals surface area contributed by atoms with Crippen LogP contribution in [0.5, 0.6) is 0 Å². The molecule has 0 radical (unpaired) electrons. The Hall–Kier alpha value is -3.34. The number of fused-ring (bicyclic) bond motifs is 3. The lowest BCUT2D eigenvalue weighted by atomic mass is 9.78. The zero-order valence-electron chi connectivity index (χ0n) is 22.2. The number of alkyl carbamates (subject to hydrolysis) is 1. The molecule has 2 heterocycles. The molecule has 11 nitrogen and oxygen atoms in total. The highest BCUT2D eigenvalue weighted by atomic mass is 16.7. The number of nitrogens with zero attached hydrogens (tertiary/aromatic N) is 2. The second kappa shape index (κ2) is 10.1. The van der Waals surface area contributed by atoms with Crippen LogP contribution in [0.2, 0.25) is 0 Å². The lowest BCUT2D eigenvalue weighted by Gasteiger charge is -2.36. The number of ether oxygens (including phenoxy) is 1. The first-order chi connectivity index (χ1) is 18.0. The predicted octanol–water partition coefficient (Wildman–Crippen LogP) is 2.62. The lowest BCUT2D eigenvalue weighted by molar-refractivity contribution is -0.153. The van der Waals surface area contributed by atoms with Crippen molar-refractivity contribution in [3.8, 4) is 0 Å². The van der Waals surface area contributed by atoms with Crippen molar-refractivity contribution in [3.05, 3.63) is 35.9 Å². The number of hydrogen-bond donors (Lipinski definition) is 3. The molecule has 4 aliphatic rings. The SMILES string of the molecule is CC(C)(C)OC(=O)NC1CC(CC(=O)NNC(=O)[C@@H]2CC3(CC3)[C@@H]3CN2C(=O)N3OCc2ccccc2)C1. The van der Waals surface area contributed by atoms with Crippen LogP contribution >= 0.6 is 0 Å². The van der Waals surface area contributed by atoms with Gasteiger partial charge < -0.3 is 15.0 Å². The number of hydrogen-bond acceptors (Lipinski definition) is 6. The van der Waals surface area contributed by atoms with Gasteiger partial charge in [0.05, 0.1) is 6.04 Å². The minimum absolute atomic E-state index is 0.0182. The maximum atomic E-state index is 13.2. The second-order valence-corrected chi connectivity index (χ2v) is 12.0. The number of nitrogens with one attached hydrogen (secondary N) is 3. The number of benzene rings is 1. The van der Waals surface area contributed by atoms with Crippen molar-refractivity contribution in [2.45, 2.75) is 89.6 Å². The van der Waals surface area contributed by atoms with E-state index in [0.717, 1.165) is 18.4 Å². The van der Waals surface area contributed by atoms with Crippen LogP contribution in [0.15, 0.2) is 30.3 Å². The summed E-state index contributed by atoms with van der Waals surface area (Å²) in [5.74, 6) is -0.568. The van der Waals surface area contributed by atoms with Crippen LogP contribution in [0.3, 0.4) is 0 Å². The van der Waals surface area contributed by atoms with E-state index in [2.05, 4.69) is 16.2 Å². The first-order valence-corrected chi connectivity index (χ1v) is 13.4. The van der Waals surface area contributed by atoms with Crippen LogP contribution < -0.4 is 16.2 Å². The summed E-state index contributed by atoms with van der Waals surface area (Å²) in [5, 5.41) is 4.27. The molecule has 2 aliphatic carbocycles. The van der Waals surface area contributed by atoms with Crippen LogP contribution in [0.1, 0.15) is 64.9 Å². The first kappa shape index (κ1) is 26.3. The van der Waals surface area contributed by atoms with Gasteiger partial charge in [-0.25, -0.2) is 9.59 Å². The molecule has 5 rings (SSSR count). The molecule has 2 bridgehead atoms. The number of hydroxylamine groups is 2. The average molecular weight is 528 g/mol. The maximum absolute atomic E-state index is 13.2. The van der Waals surface area contributed by atoms with Crippen molar-refractivity contribution in [1.29, 1.82) is 0 Å². The molecule has 2 saturated heterocycles. The second-order valence-electron chi connectivity index (χ2n) is 12.0. The molecule has 2 aliphatic heterocycles. The Balaban J connectivity index is 1.07. The van der Waals surface area contributed by atoms with Crippen molar-refractivity contribution in [1.82, 2.24) is 26.1 Å². The zero-order chi connectivity index (χ0) is 27.1. The minimum Gasteiger partial charge on any atom is -0.444 e. The zero-order valence-corrected chi connectivity index (χ0v) is 22.2. The third-order valence-corrected chi connectivity index (χ3v) is 7.93. The molecule has 5 amide bonds. The predicted molar refractivity (Wildman–Crippen MR) is 136 cm³/mol. The summed E-state index contributed by atoms with van der Waals surface area (Å²) in [7, 11) is 0. The highest BCUT2D eigenvalue weighted by Gasteiger charge is 2.64. The largest absolute Gasteiger partial charge is 0.444 e. The highest BCUT2D eigenvalue weighted by Crippen LogP contribution is 2.59. The van der Waals surface area contributed by atoms with Gasteiger partial charge in [0.1, 0.15) is 18.2 Å². The van der Waals surface area contributed by atoms with Crippen molar-refractivity contribution in [2.75, 3.05) is 6.54 Å². The molecule has 3 N–H and O–H groups in total. The van der Waals surface area contributed by atoms with Gasteiger partial charge in [-0.05, 0) is 69.8 Å². The minimum atomic E-state index is -0.655. The van der Waals surface area contributed by atoms with E-state index in [1.165, 1.54) is 5.06 Å². The smallest absolute Gasteiger partial charge is 0.407 e. The molecule has 0 unspecified atom stereocenters. The standard InChI is InChI=1S/C27H37N5O6/c1-26(2,3)38-24(35)28-19-11-18(12-19)13-22(33)29-30-23(34)20-14-27(9-10-27)21-15-31(20)25(36)32(21)37-16-17-7-5-4-6-8-17/h4-8,18-21H,9-16H2,1-3H3,(H,28,35)(H,29,33)(H,30,34)/t18?,19?,20-,21-/m0/s1. The molecule has 11 heteroatoms. The molecule has 0 aromatic heterocycles. The normalized spacial score (nSPS) is 27.0. The molecule has 4 fully saturated rings. The summed E-state index contributed by atoms with van der Waals surface area (Å²) >= 11 is 0. The van der Waals surface area contributed by atoms with Crippen LogP contribution in [0, 0.1) is 11.3 Å². The Bertz CT molecular complexity index is 1080. The van der Waals surface area contributed by atoms with Gasteiger partial charge in [0.2, 0.25) is 5.91 Å². The molecule has 2 atom stereocenters. The average Bonchev–Trinajstić information content (AvgIpc) is 3.54. The number of amides is 5. The third kappa shape index (κ3) is 5.72. The molecule has 2 saturated carbocycles. The first-order valence-electron chi connectivity index (χ1n) is 13.4. The topological polar surface area (TPSA) is 129 Å². The quantitative estimate of drug-likeness (QED) is 0.468. The van der Waals surface area contributed by atoms with E-state index in [-0.39, 0.29) is 54.3 Å². The van der Waals surface area contributed by atoms with Crippen LogP contribution in [0.25, 0.3) is 0 Å². The summed E-state index contributed by atoms with van der Waals surface area (Å²) in [6, 6.07) is 8.62. The van der Waals surface area contributed by atoms with Crippen molar-refractivity contribution in [3.63, 3.8) is 0 Å². The number of rotatable bonds is 7. The molecular formula is C27H37N5O6. The van der Waals surface area contributed by atoms with Crippen LogP contribution in [-0.4, -0.2) is 64.2 Å². The van der Waals surface area contributed by atoms with Crippen LogP contribution in [0.4, 0.5) is 9.59 Å². The van der Waals surface area contributed by atoms with Gasteiger partial charge in [-0.1, -0.05) is 30.3 Å². The summed E-state index contributed by atoms with van der Waals surface area (Å²) < 4.78 is 5.26. The van der Waals surface area contributed by atoms with E-state index in [0.29, 0.717) is 25.8 Å². The summed E-state index contributed by atoms with van der Waals surface area (Å²) in [5.41, 5.74) is 5.34. The molecule has 1 spiro atoms. The number of piperidine rings is 1.